The van der Waals surface area contributed by atoms with E-state index in [1.54, 1.807) is 0 Å². The third-order valence-corrected chi connectivity index (χ3v) is 3.19. The number of aromatic nitrogens is 2. The number of hydrogen-bond donors (Lipinski definition) is 0. The van der Waals surface area contributed by atoms with E-state index < -0.39 is 0 Å². The van der Waals surface area contributed by atoms with Crippen LogP contribution in [0, 0.1) is 0 Å². The molecule has 0 aliphatic carbocycles. The van der Waals surface area contributed by atoms with Gasteiger partial charge in [-0.3, -0.25) is 0 Å². The van der Waals surface area contributed by atoms with Gasteiger partial charge in [0, 0.05) is 22.9 Å². The second kappa shape index (κ2) is 9.28. The molecule has 22 heavy (non-hydrogen) atoms. The Hall–Kier alpha value is -1.78. The van der Waals surface area contributed by atoms with Gasteiger partial charge in [-0.15, -0.1) is 0 Å². The molecule has 2 aromatic carbocycles. The van der Waals surface area contributed by atoms with Crippen molar-refractivity contribution >= 4 is 21.5 Å². The highest BCUT2D eigenvalue weighted by Crippen LogP contribution is 2.08. The first-order chi connectivity index (χ1) is 9.93. The topological polar surface area (TPSA) is 28.3 Å². The van der Waals surface area contributed by atoms with E-state index in [1.165, 1.54) is 21.5 Å². The summed E-state index contributed by atoms with van der Waals surface area (Å²) < 4.78 is 0. The Morgan fingerprint density at radius 2 is 0.818 bits per heavy atom. The fraction of sp³-hybridized carbons (Fsp3) is 0. The molecule has 2 N–H and O–H groups in total. The molecule has 0 unspecified atom stereocenters. The van der Waals surface area contributed by atoms with Crippen molar-refractivity contribution in [3.8, 4) is 0 Å². The fourth-order valence-electron chi connectivity index (χ4n) is 2.14. The Morgan fingerprint density at radius 1 is 0.455 bits per heavy atom. The number of pyridine rings is 2. The minimum atomic E-state index is 0. The molecule has 0 aliphatic heterocycles. The van der Waals surface area contributed by atoms with E-state index in [1.807, 2.05) is 49.1 Å². The molecule has 4 heteroatoms. The lowest BCUT2D eigenvalue weighted by Crippen LogP contribution is -3.00. The molecule has 0 radical (unpaired) electrons. The van der Waals surface area contributed by atoms with Gasteiger partial charge in [0.1, 0.15) is 0 Å². The number of halogens is 2. The van der Waals surface area contributed by atoms with E-state index in [9.17, 15) is 0 Å². The standard InChI is InChI=1S/2C9H7N.2BrH/c2*1-2-4-9-7-10-6-5-8(9)3-1;;/h2*1-7H;2*1H. The third-order valence-electron chi connectivity index (χ3n) is 3.19. The summed E-state index contributed by atoms with van der Waals surface area (Å²) >= 11 is 0. The molecule has 2 heterocycles. The molecule has 0 saturated heterocycles. The normalized spacial score (nSPS) is 9.09. The molecule has 0 saturated carbocycles. The third kappa shape index (κ3) is 4.61. The highest BCUT2D eigenvalue weighted by Gasteiger charge is 1.91. The summed E-state index contributed by atoms with van der Waals surface area (Å²) in [4.78, 5) is 6.07. The van der Waals surface area contributed by atoms with Crippen molar-refractivity contribution in [2.75, 3.05) is 0 Å². The minimum absolute atomic E-state index is 0. The summed E-state index contributed by atoms with van der Waals surface area (Å²) in [6.07, 6.45) is 7.86. The van der Waals surface area contributed by atoms with Crippen LogP contribution in [0.5, 0.6) is 0 Å². The number of rotatable bonds is 0. The first kappa shape index (κ1) is 18.3. The van der Waals surface area contributed by atoms with Gasteiger partial charge in [-0.25, -0.2) is 9.97 Å². The summed E-state index contributed by atoms with van der Waals surface area (Å²) in [5.74, 6) is 0. The average Bonchev–Trinajstić information content (AvgIpc) is 2.56. The number of H-pyrrole nitrogens is 2. The molecule has 0 fully saturated rings. The Balaban J connectivity index is 0.000000202. The molecular formula is C18H16Br2N2. The van der Waals surface area contributed by atoms with Crippen LogP contribution in [0.2, 0.25) is 0 Å². The molecule has 0 atom stereocenters. The summed E-state index contributed by atoms with van der Waals surface area (Å²) in [5, 5.41) is 5.07. The smallest absolute Gasteiger partial charge is 0.174 e. The largest absolute Gasteiger partial charge is 1.00 e. The summed E-state index contributed by atoms with van der Waals surface area (Å²) in [6.45, 7) is 0. The van der Waals surface area contributed by atoms with E-state index >= 15 is 0 Å². The van der Waals surface area contributed by atoms with E-state index in [2.05, 4.69) is 46.4 Å². The fourth-order valence-corrected chi connectivity index (χ4v) is 2.14. The van der Waals surface area contributed by atoms with Crippen molar-refractivity contribution in [3.63, 3.8) is 0 Å². The first-order valence-corrected chi connectivity index (χ1v) is 6.63. The van der Waals surface area contributed by atoms with Crippen LogP contribution in [0.1, 0.15) is 0 Å². The van der Waals surface area contributed by atoms with Gasteiger partial charge in [0.05, 0.1) is 0 Å². The van der Waals surface area contributed by atoms with Crippen molar-refractivity contribution in [2.45, 2.75) is 0 Å². The Kier molecular flexibility index (Phi) is 7.71. The maximum Gasteiger partial charge on any atom is 0.174 e. The molecule has 0 spiro atoms. The van der Waals surface area contributed by atoms with Gasteiger partial charge < -0.3 is 34.0 Å². The van der Waals surface area contributed by atoms with Crippen LogP contribution in [-0.4, -0.2) is 0 Å². The predicted octanol–water partition coefficient (Wildman–Crippen LogP) is -2.68. The van der Waals surface area contributed by atoms with Gasteiger partial charge in [-0.2, -0.15) is 0 Å². The van der Waals surface area contributed by atoms with E-state index in [0.29, 0.717) is 0 Å². The zero-order chi connectivity index (χ0) is 13.6. The number of aromatic amines is 2. The summed E-state index contributed by atoms with van der Waals surface area (Å²) in [7, 11) is 0. The SMILES string of the molecule is [Br-].[Br-].c1ccc2c[nH+]ccc2c1.c1ccc2c[nH+]ccc2c1. The molecule has 0 aliphatic rings. The highest BCUT2D eigenvalue weighted by atomic mass is 79.9. The predicted molar refractivity (Wildman–Crippen MR) is 81.0 cm³/mol. The average molecular weight is 420 g/mol. The van der Waals surface area contributed by atoms with E-state index in [4.69, 9.17) is 0 Å². The van der Waals surface area contributed by atoms with Crippen LogP contribution in [-0.2, 0) is 0 Å². The Labute approximate surface area is 150 Å². The minimum Gasteiger partial charge on any atom is -1.00 e. The number of benzene rings is 2. The molecule has 2 aromatic heterocycles. The monoisotopic (exact) mass is 418 g/mol. The van der Waals surface area contributed by atoms with Crippen molar-refractivity contribution in [2.24, 2.45) is 0 Å². The quantitative estimate of drug-likeness (QED) is 0.297. The van der Waals surface area contributed by atoms with Gasteiger partial charge in [0.15, 0.2) is 24.8 Å². The molecular weight excluding hydrogens is 404 g/mol. The molecule has 2 nitrogen and oxygen atoms in total. The second-order valence-electron chi connectivity index (χ2n) is 4.55. The lowest BCUT2D eigenvalue weighted by Gasteiger charge is -1.88. The van der Waals surface area contributed by atoms with Gasteiger partial charge in [0.2, 0.25) is 0 Å². The number of fused-ring (bicyclic) bond motifs is 2. The zero-order valence-electron chi connectivity index (χ0n) is 11.8. The molecule has 0 amide bonds. The van der Waals surface area contributed by atoms with Crippen molar-refractivity contribution < 1.29 is 43.9 Å². The van der Waals surface area contributed by atoms with Crippen LogP contribution in [0.25, 0.3) is 21.5 Å². The highest BCUT2D eigenvalue weighted by molar-refractivity contribution is 5.80. The molecule has 112 valence electrons. The second-order valence-corrected chi connectivity index (χ2v) is 4.55. The maximum absolute atomic E-state index is 3.04. The van der Waals surface area contributed by atoms with Gasteiger partial charge in [-0.05, 0) is 22.9 Å². The Bertz CT molecular complexity index is 632. The van der Waals surface area contributed by atoms with E-state index in [-0.39, 0.29) is 34.0 Å². The zero-order valence-corrected chi connectivity index (χ0v) is 15.0. The molecule has 4 aromatic rings. The summed E-state index contributed by atoms with van der Waals surface area (Å²) in [6, 6.07) is 20.7. The van der Waals surface area contributed by atoms with Crippen molar-refractivity contribution in [1.82, 2.24) is 0 Å². The van der Waals surface area contributed by atoms with Crippen LogP contribution >= 0.6 is 0 Å². The lowest BCUT2D eigenvalue weighted by molar-refractivity contribution is -0.376. The van der Waals surface area contributed by atoms with Crippen LogP contribution in [0.15, 0.2) is 85.5 Å². The van der Waals surface area contributed by atoms with Crippen LogP contribution in [0.4, 0.5) is 0 Å². The molecule has 0 bridgehead atoms. The summed E-state index contributed by atoms with van der Waals surface area (Å²) in [5.41, 5.74) is 0. The Morgan fingerprint density at radius 3 is 1.18 bits per heavy atom. The van der Waals surface area contributed by atoms with E-state index in [0.717, 1.165) is 0 Å². The molecule has 4 rings (SSSR count). The van der Waals surface area contributed by atoms with Crippen molar-refractivity contribution in [1.29, 1.82) is 0 Å². The van der Waals surface area contributed by atoms with Gasteiger partial charge >= 0.3 is 0 Å². The van der Waals surface area contributed by atoms with Crippen LogP contribution in [0.3, 0.4) is 0 Å². The van der Waals surface area contributed by atoms with Gasteiger partial charge in [0.25, 0.3) is 0 Å². The lowest BCUT2D eigenvalue weighted by atomic mass is 10.2. The van der Waals surface area contributed by atoms with Gasteiger partial charge in [-0.1, -0.05) is 36.4 Å². The van der Waals surface area contributed by atoms with Crippen LogP contribution < -0.4 is 43.9 Å². The number of nitrogens with one attached hydrogen (secondary N) is 2. The number of hydrogen-bond acceptors (Lipinski definition) is 0. The van der Waals surface area contributed by atoms with Crippen molar-refractivity contribution in [3.05, 3.63) is 85.5 Å². The first-order valence-electron chi connectivity index (χ1n) is 6.63. The maximum atomic E-state index is 3.04.